The van der Waals surface area contributed by atoms with Crippen molar-refractivity contribution in [3.8, 4) is 0 Å². The Kier molecular flexibility index (Phi) is 8.48. The lowest BCUT2D eigenvalue weighted by molar-refractivity contribution is 0.611. The largest absolute Gasteiger partial charge is 0.250 e. The van der Waals surface area contributed by atoms with Gasteiger partial charge in [-0.15, -0.1) is 0 Å². The van der Waals surface area contributed by atoms with E-state index in [2.05, 4.69) is 13.0 Å². The molecule has 2 heteroatoms. The van der Waals surface area contributed by atoms with E-state index in [9.17, 15) is 4.21 Å². The standard InChI is InChI=1S/C17H26OS/c1-3-4-5-6-7-8-9-10-15-19(18)17-13-11-16(2)12-14-17/h10-15H,3-9H2,1-2H3/b15-10+/t19-/m1/s1. The molecule has 0 aromatic heterocycles. The van der Waals surface area contributed by atoms with E-state index in [1.165, 1.54) is 44.1 Å². The average Bonchev–Trinajstić information content (AvgIpc) is 2.42. The minimum absolute atomic E-state index is 0.893. The molecule has 0 unspecified atom stereocenters. The van der Waals surface area contributed by atoms with E-state index < -0.39 is 10.8 Å². The van der Waals surface area contributed by atoms with Gasteiger partial charge in [0.2, 0.25) is 0 Å². The van der Waals surface area contributed by atoms with Crippen molar-refractivity contribution in [2.24, 2.45) is 0 Å². The van der Waals surface area contributed by atoms with Gasteiger partial charge in [0.1, 0.15) is 0 Å². The lowest BCUT2D eigenvalue weighted by Gasteiger charge is -1.99. The predicted molar refractivity (Wildman–Crippen MR) is 84.7 cm³/mol. The summed E-state index contributed by atoms with van der Waals surface area (Å²) in [5, 5.41) is 1.83. The van der Waals surface area contributed by atoms with Gasteiger partial charge in [-0.2, -0.15) is 0 Å². The van der Waals surface area contributed by atoms with Crippen molar-refractivity contribution in [1.82, 2.24) is 0 Å². The zero-order valence-corrected chi connectivity index (χ0v) is 13.0. The molecular formula is C17H26OS. The molecule has 1 nitrogen and oxygen atoms in total. The van der Waals surface area contributed by atoms with Crippen molar-refractivity contribution in [1.29, 1.82) is 0 Å². The maximum Gasteiger partial charge on any atom is 0.0772 e. The molecule has 0 radical (unpaired) electrons. The van der Waals surface area contributed by atoms with Crippen LogP contribution in [0.4, 0.5) is 0 Å². The number of allylic oxidation sites excluding steroid dienone is 1. The smallest absolute Gasteiger partial charge is 0.0772 e. The Bertz CT molecular complexity index is 392. The molecule has 0 fully saturated rings. The molecule has 1 atom stereocenters. The van der Waals surface area contributed by atoms with Crippen molar-refractivity contribution >= 4 is 10.8 Å². The summed E-state index contributed by atoms with van der Waals surface area (Å²) in [6, 6.07) is 7.91. The van der Waals surface area contributed by atoms with Crippen molar-refractivity contribution in [2.45, 2.75) is 63.7 Å². The monoisotopic (exact) mass is 278 g/mol. The molecule has 0 aliphatic rings. The van der Waals surface area contributed by atoms with Gasteiger partial charge in [0, 0.05) is 10.3 Å². The number of rotatable bonds is 9. The number of hydrogen-bond acceptors (Lipinski definition) is 1. The maximum atomic E-state index is 12.0. The number of aryl methyl sites for hydroxylation is 1. The van der Waals surface area contributed by atoms with Gasteiger partial charge >= 0.3 is 0 Å². The zero-order valence-electron chi connectivity index (χ0n) is 12.2. The molecule has 0 bridgehead atoms. The summed E-state index contributed by atoms with van der Waals surface area (Å²) in [5.41, 5.74) is 1.21. The van der Waals surface area contributed by atoms with Crippen LogP contribution >= 0.6 is 0 Å². The molecule has 0 aliphatic heterocycles. The fourth-order valence-electron chi connectivity index (χ4n) is 1.95. The number of hydrogen-bond donors (Lipinski definition) is 0. The molecule has 0 saturated carbocycles. The van der Waals surface area contributed by atoms with Crippen LogP contribution in [0.3, 0.4) is 0 Å². The van der Waals surface area contributed by atoms with Crippen LogP contribution in [0.5, 0.6) is 0 Å². The molecule has 0 heterocycles. The van der Waals surface area contributed by atoms with Gasteiger partial charge in [-0.25, -0.2) is 4.21 Å². The third kappa shape index (κ3) is 7.31. The Labute approximate surface area is 120 Å². The van der Waals surface area contributed by atoms with Crippen LogP contribution < -0.4 is 0 Å². The minimum atomic E-state index is -0.982. The first-order valence-corrected chi connectivity index (χ1v) is 8.59. The first-order valence-electron chi connectivity index (χ1n) is 7.38. The third-order valence-corrected chi connectivity index (χ3v) is 4.37. The molecule has 19 heavy (non-hydrogen) atoms. The number of benzene rings is 1. The van der Waals surface area contributed by atoms with E-state index in [0.29, 0.717) is 0 Å². The Morgan fingerprint density at radius 2 is 1.63 bits per heavy atom. The summed E-state index contributed by atoms with van der Waals surface area (Å²) >= 11 is 0. The van der Waals surface area contributed by atoms with Gasteiger partial charge in [0.15, 0.2) is 0 Å². The summed E-state index contributed by atoms with van der Waals surface area (Å²) in [6.45, 7) is 4.28. The lowest BCUT2D eigenvalue weighted by Crippen LogP contribution is -1.86. The van der Waals surface area contributed by atoms with Crippen LogP contribution in [-0.2, 0) is 10.8 Å². The molecule has 0 N–H and O–H groups in total. The van der Waals surface area contributed by atoms with E-state index in [-0.39, 0.29) is 0 Å². The zero-order chi connectivity index (χ0) is 13.9. The van der Waals surface area contributed by atoms with Crippen LogP contribution in [-0.4, -0.2) is 4.21 Å². The highest BCUT2D eigenvalue weighted by atomic mass is 32.2. The fraction of sp³-hybridized carbons (Fsp3) is 0.529. The Hall–Kier alpha value is -0.890. The number of unbranched alkanes of at least 4 members (excludes halogenated alkanes) is 6. The highest BCUT2D eigenvalue weighted by molar-refractivity contribution is 7.88. The third-order valence-electron chi connectivity index (χ3n) is 3.20. The van der Waals surface area contributed by atoms with E-state index in [1.54, 1.807) is 0 Å². The lowest BCUT2D eigenvalue weighted by atomic mass is 10.1. The molecule has 106 valence electrons. The fourth-order valence-corrected chi connectivity index (χ4v) is 2.82. The van der Waals surface area contributed by atoms with Gasteiger partial charge in [-0.1, -0.05) is 62.8 Å². The second-order valence-corrected chi connectivity index (χ2v) is 6.38. The van der Waals surface area contributed by atoms with Gasteiger partial charge in [0.25, 0.3) is 0 Å². The topological polar surface area (TPSA) is 17.1 Å². The first kappa shape index (κ1) is 16.2. The summed E-state index contributed by atoms with van der Waals surface area (Å²) in [7, 11) is -0.982. The van der Waals surface area contributed by atoms with Gasteiger partial charge in [-0.3, -0.25) is 0 Å². The molecule has 0 spiro atoms. The first-order chi connectivity index (χ1) is 9.24. The molecule has 0 saturated heterocycles. The van der Waals surface area contributed by atoms with Crippen molar-refractivity contribution < 1.29 is 4.21 Å². The minimum Gasteiger partial charge on any atom is -0.250 e. The van der Waals surface area contributed by atoms with Crippen LogP contribution in [0.15, 0.2) is 40.6 Å². The van der Waals surface area contributed by atoms with Gasteiger partial charge in [-0.05, 0) is 31.9 Å². The van der Waals surface area contributed by atoms with Crippen LogP contribution in [0.1, 0.15) is 57.4 Å². The van der Waals surface area contributed by atoms with E-state index in [0.717, 1.165) is 11.3 Å². The summed E-state index contributed by atoms with van der Waals surface area (Å²) in [4.78, 5) is 0.893. The average molecular weight is 278 g/mol. The van der Waals surface area contributed by atoms with E-state index in [1.807, 2.05) is 36.6 Å². The molecule has 1 aromatic carbocycles. The van der Waals surface area contributed by atoms with Gasteiger partial charge in [0.05, 0.1) is 10.8 Å². The van der Waals surface area contributed by atoms with Crippen LogP contribution in [0.2, 0.25) is 0 Å². The molecule has 0 aliphatic carbocycles. The quantitative estimate of drug-likeness (QED) is 0.555. The SMILES string of the molecule is CCCCCCCC/C=C/[S@@](=O)c1ccc(C)cc1. The Morgan fingerprint density at radius 1 is 1.00 bits per heavy atom. The summed E-state index contributed by atoms with van der Waals surface area (Å²) in [6.07, 6.45) is 11.0. The summed E-state index contributed by atoms with van der Waals surface area (Å²) < 4.78 is 12.0. The van der Waals surface area contributed by atoms with Crippen molar-refractivity contribution in [3.63, 3.8) is 0 Å². The van der Waals surface area contributed by atoms with E-state index >= 15 is 0 Å². The van der Waals surface area contributed by atoms with Crippen molar-refractivity contribution in [3.05, 3.63) is 41.3 Å². The Morgan fingerprint density at radius 3 is 2.32 bits per heavy atom. The maximum absolute atomic E-state index is 12.0. The van der Waals surface area contributed by atoms with E-state index in [4.69, 9.17) is 0 Å². The highest BCUT2D eigenvalue weighted by Crippen LogP contribution is 2.11. The van der Waals surface area contributed by atoms with Crippen LogP contribution in [0.25, 0.3) is 0 Å². The van der Waals surface area contributed by atoms with Gasteiger partial charge < -0.3 is 0 Å². The predicted octanol–water partition coefficient (Wildman–Crippen LogP) is 5.37. The normalized spacial score (nSPS) is 12.9. The second kappa shape index (κ2) is 9.96. The molecule has 1 aromatic rings. The van der Waals surface area contributed by atoms with Crippen LogP contribution in [0, 0.1) is 6.92 Å². The summed E-state index contributed by atoms with van der Waals surface area (Å²) in [5.74, 6) is 0. The molecular weight excluding hydrogens is 252 g/mol. The Balaban J connectivity index is 2.18. The molecule has 0 amide bonds. The second-order valence-electron chi connectivity index (χ2n) is 5.04. The van der Waals surface area contributed by atoms with Crippen molar-refractivity contribution in [2.75, 3.05) is 0 Å². The molecule has 1 rings (SSSR count). The highest BCUT2D eigenvalue weighted by Gasteiger charge is 1.98.